The van der Waals surface area contributed by atoms with Crippen molar-refractivity contribution in [3.8, 4) is 16.9 Å². The minimum atomic E-state index is -0.801. The number of ether oxygens (including phenoxy) is 1. The molecule has 1 amide bonds. The zero-order chi connectivity index (χ0) is 29.3. The number of carbonyl (C=O) groups excluding carboxylic acids is 1. The second-order valence-electron chi connectivity index (χ2n) is 10.4. The van der Waals surface area contributed by atoms with Crippen LogP contribution in [0.1, 0.15) is 46.8 Å². The molecule has 6 nitrogen and oxygen atoms in total. The van der Waals surface area contributed by atoms with E-state index in [2.05, 4.69) is 46.6 Å². The second kappa shape index (κ2) is 13.7. The number of carboxylic acid groups (broad SMARTS) is 1. The van der Waals surface area contributed by atoms with E-state index in [0.29, 0.717) is 31.6 Å². The number of hydrogen-bond acceptors (Lipinski definition) is 4. The molecule has 1 heterocycles. The Bertz CT molecular complexity index is 1550. The summed E-state index contributed by atoms with van der Waals surface area (Å²) in [7, 11) is 0. The first-order chi connectivity index (χ1) is 20.5. The molecule has 4 aromatic rings. The predicted molar refractivity (Wildman–Crippen MR) is 167 cm³/mol. The first-order valence-corrected chi connectivity index (χ1v) is 14.4. The van der Waals surface area contributed by atoms with Crippen molar-refractivity contribution in [1.29, 1.82) is 0 Å². The average molecular weight is 561 g/mol. The van der Waals surface area contributed by atoms with Crippen LogP contribution in [0.4, 0.5) is 5.69 Å². The molecule has 0 atom stereocenters. The number of aliphatic carboxylic acids is 1. The van der Waals surface area contributed by atoms with E-state index >= 15 is 0 Å². The van der Waals surface area contributed by atoms with Gasteiger partial charge in [0.25, 0.3) is 5.91 Å². The van der Waals surface area contributed by atoms with Gasteiger partial charge in [-0.3, -0.25) is 9.59 Å². The highest BCUT2D eigenvalue weighted by molar-refractivity contribution is 5.95. The third-order valence-electron chi connectivity index (χ3n) is 7.70. The summed E-state index contributed by atoms with van der Waals surface area (Å²) in [6.45, 7) is 3.85. The molecular weight excluding hydrogens is 524 g/mol. The summed E-state index contributed by atoms with van der Waals surface area (Å²) in [4.78, 5) is 26.3. The number of benzene rings is 4. The standard InChI is InChI=1S/C36H36N2O4/c1-2-30(37-36(41)29-11-7-4-8-12-29)22-24-42-34-19-15-28(16-20-35(39)40)33-25-38(23-21-32(33)34)31-17-13-27(14-18-31)26-9-5-3-6-10-26/h2-15,17-19H,16,20-25H2,1H3,(H,37,41)(H,39,40)/b30-2+. The molecule has 0 aromatic heterocycles. The van der Waals surface area contributed by atoms with Gasteiger partial charge < -0.3 is 20.1 Å². The lowest BCUT2D eigenvalue weighted by Gasteiger charge is -2.33. The van der Waals surface area contributed by atoms with Crippen molar-refractivity contribution >= 4 is 17.6 Å². The first-order valence-electron chi connectivity index (χ1n) is 14.4. The van der Waals surface area contributed by atoms with Crippen molar-refractivity contribution in [2.24, 2.45) is 0 Å². The predicted octanol–water partition coefficient (Wildman–Crippen LogP) is 7.04. The van der Waals surface area contributed by atoms with Gasteiger partial charge in [-0.05, 0) is 72.4 Å². The van der Waals surface area contributed by atoms with Gasteiger partial charge in [0.05, 0.1) is 6.61 Å². The van der Waals surface area contributed by atoms with Gasteiger partial charge in [0.15, 0.2) is 0 Å². The molecule has 1 aliphatic rings. The fourth-order valence-corrected chi connectivity index (χ4v) is 5.39. The summed E-state index contributed by atoms with van der Waals surface area (Å²) in [6.07, 6.45) is 3.82. The largest absolute Gasteiger partial charge is 0.493 e. The summed E-state index contributed by atoms with van der Waals surface area (Å²) in [6, 6.07) is 32.1. The van der Waals surface area contributed by atoms with Crippen molar-refractivity contribution in [3.63, 3.8) is 0 Å². The van der Waals surface area contributed by atoms with Crippen LogP contribution in [0, 0.1) is 0 Å². The number of fused-ring (bicyclic) bond motifs is 1. The van der Waals surface area contributed by atoms with Crippen LogP contribution in [0.5, 0.6) is 5.75 Å². The molecule has 5 rings (SSSR count). The smallest absolute Gasteiger partial charge is 0.303 e. The third-order valence-corrected chi connectivity index (χ3v) is 7.70. The second-order valence-corrected chi connectivity index (χ2v) is 10.4. The molecule has 0 bridgehead atoms. The lowest BCUT2D eigenvalue weighted by atomic mass is 9.91. The topological polar surface area (TPSA) is 78.9 Å². The number of nitrogens with one attached hydrogen (secondary N) is 1. The lowest BCUT2D eigenvalue weighted by molar-refractivity contribution is -0.136. The first kappa shape index (κ1) is 28.7. The number of carbonyl (C=O) groups is 2. The van der Waals surface area contributed by atoms with E-state index in [1.165, 1.54) is 11.1 Å². The van der Waals surface area contributed by atoms with Crippen LogP contribution < -0.4 is 15.0 Å². The summed E-state index contributed by atoms with van der Waals surface area (Å²) in [5.74, 6) is -0.113. The van der Waals surface area contributed by atoms with Crippen LogP contribution >= 0.6 is 0 Å². The number of allylic oxidation sites excluding steroid dienone is 1. The molecule has 6 heteroatoms. The van der Waals surface area contributed by atoms with E-state index in [4.69, 9.17) is 4.74 Å². The fourth-order valence-electron chi connectivity index (χ4n) is 5.39. The normalized spacial score (nSPS) is 12.9. The number of rotatable bonds is 11. The highest BCUT2D eigenvalue weighted by Gasteiger charge is 2.23. The van der Waals surface area contributed by atoms with Crippen LogP contribution in [0.25, 0.3) is 11.1 Å². The molecule has 0 aliphatic carbocycles. The Labute approximate surface area is 247 Å². The Balaban J connectivity index is 1.29. The molecule has 0 saturated carbocycles. The average Bonchev–Trinajstić information content (AvgIpc) is 3.04. The van der Waals surface area contributed by atoms with Gasteiger partial charge >= 0.3 is 5.97 Å². The quantitative estimate of drug-likeness (QED) is 0.206. The highest BCUT2D eigenvalue weighted by atomic mass is 16.5. The number of hydrogen-bond donors (Lipinski definition) is 2. The fraction of sp³-hybridized carbons (Fsp3) is 0.222. The van der Waals surface area contributed by atoms with Crippen molar-refractivity contribution < 1.29 is 19.4 Å². The van der Waals surface area contributed by atoms with E-state index in [9.17, 15) is 14.7 Å². The molecule has 1 aliphatic heterocycles. The summed E-state index contributed by atoms with van der Waals surface area (Å²) in [5.41, 5.74) is 8.27. The minimum absolute atomic E-state index is 0.0875. The van der Waals surface area contributed by atoms with E-state index in [1.807, 2.05) is 61.5 Å². The van der Waals surface area contributed by atoms with E-state index in [1.54, 1.807) is 12.1 Å². The van der Waals surface area contributed by atoms with Crippen LogP contribution in [-0.2, 0) is 24.2 Å². The Morgan fingerprint density at radius 1 is 0.857 bits per heavy atom. The molecule has 0 unspecified atom stereocenters. The van der Waals surface area contributed by atoms with Gasteiger partial charge in [-0.15, -0.1) is 0 Å². The Morgan fingerprint density at radius 2 is 1.55 bits per heavy atom. The van der Waals surface area contributed by atoms with E-state index < -0.39 is 5.97 Å². The summed E-state index contributed by atoms with van der Waals surface area (Å²) >= 11 is 0. The monoisotopic (exact) mass is 560 g/mol. The van der Waals surface area contributed by atoms with Crippen LogP contribution in [0.15, 0.2) is 109 Å². The minimum Gasteiger partial charge on any atom is -0.493 e. The zero-order valence-electron chi connectivity index (χ0n) is 23.9. The summed E-state index contributed by atoms with van der Waals surface area (Å²) in [5, 5.41) is 12.3. The maximum Gasteiger partial charge on any atom is 0.303 e. The van der Waals surface area contributed by atoms with Crippen molar-refractivity contribution in [1.82, 2.24) is 5.32 Å². The van der Waals surface area contributed by atoms with Crippen LogP contribution in [0.3, 0.4) is 0 Å². The Hall–Kier alpha value is -4.84. The number of carboxylic acids is 1. The maximum absolute atomic E-state index is 12.6. The highest BCUT2D eigenvalue weighted by Crippen LogP contribution is 2.34. The summed E-state index contributed by atoms with van der Waals surface area (Å²) < 4.78 is 6.28. The molecule has 2 N–H and O–H groups in total. The number of amides is 1. The van der Waals surface area contributed by atoms with Gasteiger partial charge in [-0.25, -0.2) is 0 Å². The van der Waals surface area contributed by atoms with Crippen molar-refractivity contribution in [3.05, 3.63) is 131 Å². The Kier molecular flexibility index (Phi) is 9.34. The zero-order valence-corrected chi connectivity index (χ0v) is 23.9. The van der Waals surface area contributed by atoms with E-state index in [0.717, 1.165) is 46.8 Å². The number of nitrogens with zero attached hydrogens (tertiary/aromatic N) is 1. The molecule has 0 fully saturated rings. The molecular formula is C36H36N2O4. The lowest BCUT2D eigenvalue weighted by Crippen LogP contribution is -2.31. The number of aryl methyl sites for hydroxylation is 1. The van der Waals surface area contributed by atoms with Gasteiger partial charge in [-0.1, -0.05) is 72.8 Å². The van der Waals surface area contributed by atoms with Gasteiger partial charge in [0.2, 0.25) is 0 Å². The Morgan fingerprint density at radius 3 is 2.24 bits per heavy atom. The van der Waals surface area contributed by atoms with E-state index in [-0.39, 0.29) is 12.3 Å². The van der Waals surface area contributed by atoms with Crippen molar-refractivity contribution in [2.45, 2.75) is 39.2 Å². The van der Waals surface area contributed by atoms with Gasteiger partial charge in [0.1, 0.15) is 5.75 Å². The molecule has 0 saturated heterocycles. The third kappa shape index (κ3) is 7.07. The molecule has 0 radical (unpaired) electrons. The molecule has 0 spiro atoms. The van der Waals surface area contributed by atoms with Gasteiger partial charge in [0, 0.05) is 48.4 Å². The molecule has 42 heavy (non-hydrogen) atoms. The molecule has 214 valence electrons. The SMILES string of the molecule is C/C=C(\CCOc1ccc(CCC(=O)O)c2c1CCN(c1ccc(-c3ccccc3)cc1)C2)NC(=O)c1ccccc1. The number of anilines is 1. The van der Waals surface area contributed by atoms with Crippen molar-refractivity contribution in [2.75, 3.05) is 18.1 Å². The maximum atomic E-state index is 12.6. The molecule has 4 aromatic carbocycles. The van der Waals surface area contributed by atoms with Crippen LogP contribution in [0.2, 0.25) is 0 Å². The van der Waals surface area contributed by atoms with Crippen LogP contribution in [-0.4, -0.2) is 30.1 Å². The van der Waals surface area contributed by atoms with Gasteiger partial charge in [-0.2, -0.15) is 0 Å².